The van der Waals surface area contributed by atoms with Gasteiger partial charge in [-0.15, -0.1) is 0 Å². The third-order valence-electron chi connectivity index (χ3n) is 6.36. The molecule has 2 atom stereocenters. The van der Waals surface area contributed by atoms with E-state index < -0.39 is 11.6 Å². The van der Waals surface area contributed by atoms with Crippen molar-refractivity contribution in [2.75, 3.05) is 20.3 Å². The van der Waals surface area contributed by atoms with Crippen LogP contribution in [0.15, 0.2) is 30.3 Å². The largest absolute Gasteiger partial charge is 0.383 e. The molecule has 2 aromatic rings. The number of ether oxygens (including phenoxy) is 1. The molecule has 1 aromatic carbocycles. The maximum atomic E-state index is 13.3. The topological polar surface area (TPSA) is 80.6 Å². The summed E-state index contributed by atoms with van der Waals surface area (Å²) in [5, 5.41) is 2.87. The van der Waals surface area contributed by atoms with E-state index in [1.807, 2.05) is 51.1 Å². The van der Waals surface area contributed by atoms with Crippen molar-refractivity contribution >= 4 is 17.7 Å². The van der Waals surface area contributed by atoms with Crippen molar-refractivity contribution in [3.63, 3.8) is 0 Å². The van der Waals surface area contributed by atoms with E-state index in [0.717, 1.165) is 33.8 Å². The van der Waals surface area contributed by atoms with E-state index >= 15 is 0 Å². The van der Waals surface area contributed by atoms with E-state index in [-0.39, 0.29) is 24.3 Å². The van der Waals surface area contributed by atoms with Crippen LogP contribution in [-0.4, -0.2) is 47.4 Å². The number of rotatable bonds is 6. The zero-order valence-electron chi connectivity index (χ0n) is 17.8. The molecule has 7 nitrogen and oxygen atoms in total. The minimum atomic E-state index is -1.04. The second kappa shape index (κ2) is 7.40. The Morgan fingerprint density at radius 3 is 2.73 bits per heavy atom. The number of hydrogen-bond donors (Lipinski definition) is 1. The van der Waals surface area contributed by atoms with Crippen LogP contribution < -0.4 is 5.32 Å². The number of nitrogens with one attached hydrogen (secondary N) is 1. The first kappa shape index (κ1) is 20.3. The highest BCUT2D eigenvalue weighted by Gasteiger charge is 2.55. The fourth-order valence-electron chi connectivity index (χ4n) is 5.02. The lowest BCUT2D eigenvalue weighted by Gasteiger charge is -2.22. The summed E-state index contributed by atoms with van der Waals surface area (Å²) in [6.45, 7) is 6.11. The predicted octanol–water partition coefficient (Wildman–Crippen LogP) is 2.89. The van der Waals surface area contributed by atoms with Gasteiger partial charge in [0.1, 0.15) is 5.54 Å². The van der Waals surface area contributed by atoms with Crippen LogP contribution in [0, 0.1) is 13.8 Å². The number of ketones is 1. The molecule has 30 heavy (non-hydrogen) atoms. The van der Waals surface area contributed by atoms with E-state index in [0.29, 0.717) is 18.6 Å². The standard InChI is InChI=1S/C23H27N3O4/c1-14-11-18(16(3)26(14)15(2)13-30-4)20(27)12-25-21(28)23(24-22(25)29)10-9-17-7-5-6-8-19(17)23/h5-8,11,15H,9-10,12-13H2,1-4H3,(H,24,29). The first-order valence-corrected chi connectivity index (χ1v) is 10.2. The van der Waals surface area contributed by atoms with Gasteiger partial charge in [0.05, 0.1) is 19.2 Å². The van der Waals surface area contributed by atoms with Gasteiger partial charge in [-0.1, -0.05) is 24.3 Å². The first-order valence-electron chi connectivity index (χ1n) is 10.2. The second-order valence-corrected chi connectivity index (χ2v) is 8.27. The van der Waals surface area contributed by atoms with E-state index in [1.54, 1.807) is 7.11 Å². The Hall–Kier alpha value is -2.93. The maximum absolute atomic E-state index is 13.3. The molecule has 1 N–H and O–H groups in total. The van der Waals surface area contributed by atoms with Gasteiger partial charge in [0.25, 0.3) is 5.91 Å². The Kier molecular flexibility index (Phi) is 5.02. The average Bonchev–Trinajstić information content (AvgIpc) is 3.31. The Labute approximate surface area is 176 Å². The van der Waals surface area contributed by atoms with Gasteiger partial charge >= 0.3 is 6.03 Å². The van der Waals surface area contributed by atoms with Crippen LogP contribution in [-0.2, 0) is 21.5 Å². The number of fused-ring (bicyclic) bond motifs is 2. The highest BCUT2D eigenvalue weighted by atomic mass is 16.5. The Bertz CT molecular complexity index is 1040. The molecule has 2 aliphatic rings. The summed E-state index contributed by atoms with van der Waals surface area (Å²) in [5.74, 6) is -0.585. The molecule has 0 bridgehead atoms. The number of nitrogens with zero attached hydrogens (tertiary/aromatic N) is 2. The molecule has 158 valence electrons. The number of methoxy groups -OCH3 is 1. The summed E-state index contributed by atoms with van der Waals surface area (Å²) in [4.78, 5) is 40.1. The van der Waals surface area contributed by atoms with Crippen LogP contribution in [0.5, 0.6) is 0 Å². The quantitative estimate of drug-likeness (QED) is 0.588. The van der Waals surface area contributed by atoms with Gasteiger partial charge in [-0.05, 0) is 50.8 Å². The fraction of sp³-hybridized carbons (Fsp3) is 0.435. The lowest BCUT2D eigenvalue weighted by molar-refractivity contribution is -0.131. The Morgan fingerprint density at radius 1 is 1.27 bits per heavy atom. The molecule has 1 aromatic heterocycles. The molecule has 1 saturated heterocycles. The van der Waals surface area contributed by atoms with Crippen LogP contribution >= 0.6 is 0 Å². The molecule has 2 heterocycles. The highest BCUT2D eigenvalue weighted by molar-refractivity contribution is 6.12. The van der Waals surface area contributed by atoms with Crippen molar-refractivity contribution in [2.45, 2.75) is 45.2 Å². The number of urea groups is 1. The molecule has 2 unspecified atom stereocenters. The fourth-order valence-corrected chi connectivity index (χ4v) is 5.02. The number of amides is 3. The van der Waals surface area contributed by atoms with Crippen molar-refractivity contribution in [3.05, 3.63) is 58.4 Å². The van der Waals surface area contributed by atoms with Gasteiger partial charge in [-0.2, -0.15) is 0 Å². The van der Waals surface area contributed by atoms with E-state index in [9.17, 15) is 14.4 Å². The summed E-state index contributed by atoms with van der Waals surface area (Å²) in [5.41, 5.74) is 3.15. The lowest BCUT2D eigenvalue weighted by atomic mass is 9.92. The molecule has 0 saturated carbocycles. The maximum Gasteiger partial charge on any atom is 0.325 e. The van der Waals surface area contributed by atoms with Crippen molar-refractivity contribution in [1.82, 2.24) is 14.8 Å². The van der Waals surface area contributed by atoms with Gasteiger partial charge in [0.2, 0.25) is 0 Å². The number of carbonyl (C=O) groups excluding carboxylic acids is 3. The van der Waals surface area contributed by atoms with E-state index in [2.05, 4.69) is 9.88 Å². The van der Waals surface area contributed by atoms with Crippen LogP contribution in [0.4, 0.5) is 4.79 Å². The molecule has 0 radical (unpaired) electrons. The number of imide groups is 1. The molecule has 7 heteroatoms. The summed E-state index contributed by atoms with van der Waals surface area (Å²) < 4.78 is 7.30. The van der Waals surface area contributed by atoms with Crippen LogP contribution in [0.1, 0.15) is 52.3 Å². The third-order valence-corrected chi connectivity index (χ3v) is 6.36. The average molecular weight is 409 g/mol. The van der Waals surface area contributed by atoms with Crippen molar-refractivity contribution in [2.24, 2.45) is 0 Å². The van der Waals surface area contributed by atoms with Gasteiger partial charge in [0.15, 0.2) is 5.78 Å². The highest BCUT2D eigenvalue weighted by Crippen LogP contribution is 2.41. The summed E-state index contributed by atoms with van der Waals surface area (Å²) >= 11 is 0. The SMILES string of the molecule is COCC(C)n1c(C)cc(C(=O)CN2C(=O)NC3(CCc4ccccc43)C2=O)c1C. The van der Waals surface area contributed by atoms with Gasteiger partial charge in [-0.25, -0.2) is 4.79 Å². The molecule has 3 amide bonds. The molecule has 1 fully saturated rings. The summed E-state index contributed by atoms with van der Waals surface area (Å²) in [6.07, 6.45) is 1.24. The summed E-state index contributed by atoms with van der Waals surface area (Å²) in [7, 11) is 1.64. The van der Waals surface area contributed by atoms with E-state index in [4.69, 9.17) is 4.74 Å². The number of Topliss-reactive ketones (excluding diaryl/α,β-unsaturated/α-hetero) is 1. The zero-order chi connectivity index (χ0) is 21.6. The van der Waals surface area contributed by atoms with Crippen LogP contribution in [0.2, 0.25) is 0 Å². The number of aromatic nitrogens is 1. The zero-order valence-corrected chi connectivity index (χ0v) is 17.8. The number of hydrogen-bond acceptors (Lipinski definition) is 4. The van der Waals surface area contributed by atoms with Gasteiger partial charge in [-0.3, -0.25) is 14.5 Å². The van der Waals surface area contributed by atoms with Crippen LogP contribution in [0.25, 0.3) is 0 Å². The molecule has 1 aliphatic heterocycles. The number of benzene rings is 1. The predicted molar refractivity (Wildman–Crippen MR) is 112 cm³/mol. The monoisotopic (exact) mass is 409 g/mol. The van der Waals surface area contributed by atoms with Gasteiger partial charge < -0.3 is 14.6 Å². The summed E-state index contributed by atoms with van der Waals surface area (Å²) in [6, 6.07) is 9.06. The molecular weight excluding hydrogens is 382 g/mol. The number of carbonyl (C=O) groups is 3. The number of aryl methyl sites for hydroxylation is 2. The third kappa shape index (κ3) is 2.96. The Morgan fingerprint density at radius 2 is 2.00 bits per heavy atom. The first-order chi connectivity index (χ1) is 14.3. The Balaban J connectivity index is 1.59. The van der Waals surface area contributed by atoms with Crippen molar-refractivity contribution in [1.29, 1.82) is 0 Å². The van der Waals surface area contributed by atoms with Gasteiger partial charge in [0, 0.05) is 24.1 Å². The molecule has 4 rings (SSSR count). The van der Waals surface area contributed by atoms with E-state index in [1.165, 1.54) is 0 Å². The molecule has 1 spiro atoms. The van der Waals surface area contributed by atoms with Crippen molar-refractivity contribution < 1.29 is 19.1 Å². The second-order valence-electron chi connectivity index (χ2n) is 8.27. The normalized spacial score (nSPS) is 21.3. The van der Waals surface area contributed by atoms with Crippen molar-refractivity contribution in [3.8, 4) is 0 Å². The smallest absolute Gasteiger partial charge is 0.325 e. The molecular formula is C23H27N3O4. The lowest BCUT2D eigenvalue weighted by Crippen LogP contribution is -2.42. The minimum Gasteiger partial charge on any atom is -0.383 e. The van der Waals surface area contributed by atoms with Crippen LogP contribution in [0.3, 0.4) is 0 Å². The molecule has 1 aliphatic carbocycles. The minimum absolute atomic E-state index is 0.0755.